The molecule has 2 heterocycles. The maximum absolute atomic E-state index is 12.6. The molecule has 1 saturated heterocycles. The average molecular weight is 400 g/mol. The van der Waals surface area contributed by atoms with Crippen LogP contribution < -0.4 is 16.0 Å². The van der Waals surface area contributed by atoms with Gasteiger partial charge in [0.05, 0.1) is 0 Å². The van der Waals surface area contributed by atoms with E-state index in [0.717, 1.165) is 44.6 Å². The van der Waals surface area contributed by atoms with E-state index in [2.05, 4.69) is 15.2 Å². The number of nitrogens with zero attached hydrogens (tertiary/aromatic N) is 3. The Hall–Kier alpha value is -2.15. The molecule has 7 nitrogen and oxygen atoms in total. The first kappa shape index (κ1) is 20.1. The fourth-order valence-corrected chi connectivity index (χ4v) is 5.32. The number of pyridine rings is 1. The number of nitrogens with two attached hydrogens (primary N) is 1. The van der Waals surface area contributed by atoms with Gasteiger partial charge in [-0.05, 0) is 49.7 Å². The summed E-state index contributed by atoms with van der Waals surface area (Å²) in [5.41, 5.74) is 6.33. The number of carbonyl (C=O) groups is 2. The zero-order chi connectivity index (χ0) is 20.2. The summed E-state index contributed by atoms with van der Waals surface area (Å²) in [6.45, 7) is 3.41. The molecule has 2 saturated carbocycles. The lowest BCUT2D eigenvalue weighted by Gasteiger charge is -2.43. The monoisotopic (exact) mass is 399 g/mol. The lowest BCUT2D eigenvalue weighted by atomic mass is 9.65. The highest BCUT2D eigenvalue weighted by Gasteiger charge is 2.40. The minimum atomic E-state index is 0.0714. The highest BCUT2D eigenvalue weighted by molar-refractivity contribution is 5.80. The molecule has 0 radical (unpaired) electrons. The molecule has 3 aliphatic rings. The van der Waals surface area contributed by atoms with Crippen LogP contribution in [0.2, 0.25) is 0 Å². The Morgan fingerprint density at radius 2 is 1.83 bits per heavy atom. The summed E-state index contributed by atoms with van der Waals surface area (Å²) in [5, 5.41) is 3.01. The molecular formula is C22H33N5O2. The zero-order valence-electron chi connectivity index (χ0n) is 17.1. The van der Waals surface area contributed by atoms with Crippen molar-refractivity contribution in [3.63, 3.8) is 0 Å². The summed E-state index contributed by atoms with van der Waals surface area (Å²) in [6.07, 6.45) is 7.55. The van der Waals surface area contributed by atoms with Crippen molar-refractivity contribution < 1.29 is 9.59 Å². The average Bonchev–Trinajstić information content (AvgIpc) is 2.74. The largest absolute Gasteiger partial charge is 0.355 e. The van der Waals surface area contributed by atoms with Crippen molar-refractivity contribution in [1.82, 2.24) is 15.2 Å². The molecule has 3 fully saturated rings. The summed E-state index contributed by atoms with van der Waals surface area (Å²) < 4.78 is 0. The van der Waals surface area contributed by atoms with Gasteiger partial charge in [0.25, 0.3) is 0 Å². The molecule has 29 heavy (non-hydrogen) atoms. The summed E-state index contributed by atoms with van der Waals surface area (Å²) in [6, 6.07) is 6.17. The van der Waals surface area contributed by atoms with E-state index in [1.165, 1.54) is 6.42 Å². The number of rotatable bonds is 5. The highest BCUT2D eigenvalue weighted by Crippen LogP contribution is 2.41. The van der Waals surface area contributed by atoms with Crippen LogP contribution in [0.5, 0.6) is 0 Å². The molecule has 0 aromatic carbocycles. The van der Waals surface area contributed by atoms with Crippen LogP contribution in [0.4, 0.5) is 5.82 Å². The minimum Gasteiger partial charge on any atom is -0.355 e. The molecule has 0 spiro atoms. The van der Waals surface area contributed by atoms with Crippen LogP contribution in [-0.2, 0) is 9.59 Å². The van der Waals surface area contributed by atoms with E-state index >= 15 is 0 Å². The van der Waals surface area contributed by atoms with Crippen molar-refractivity contribution in [2.24, 2.45) is 23.5 Å². The third-order valence-corrected chi connectivity index (χ3v) is 7.03. The quantitative estimate of drug-likeness (QED) is 0.781. The van der Waals surface area contributed by atoms with Crippen molar-refractivity contribution in [3.05, 3.63) is 24.4 Å². The Morgan fingerprint density at radius 3 is 2.48 bits per heavy atom. The van der Waals surface area contributed by atoms with Gasteiger partial charge < -0.3 is 20.9 Å². The topological polar surface area (TPSA) is 91.6 Å². The van der Waals surface area contributed by atoms with Gasteiger partial charge in [-0.2, -0.15) is 0 Å². The van der Waals surface area contributed by atoms with Crippen LogP contribution in [-0.4, -0.2) is 60.5 Å². The smallest absolute Gasteiger partial charge is 0.224 e. The Kier molecular flexibility index (Phi) is 6.33. The predicted molar refractivity (Wildman–Crippen MR) is 112 cm³/mol. The first-order chi connectivity index (χ1) is 14.1. The van der Waals surface area contributed by atoms with Gasteiger partial charge in [0.15, 0.2) is 0 Å². The number of amides is 2. The Balaban J connectivity index is 1.17. The van der Waals surface area contributed by atoms with E-state index in [1.807, 2.05) is 23.1 Å². The zero-order valence-corrected chi connectivity index (χ0v) is 17.1. The van der Waals surface area contributed by atoms with Gasteiger partial charge in [-0.25, -0.2) is 4.98 Å². The van der Waals surface area contributed by atoms with Gasteiger partial charge in [-0.1, -0.05) is 12.5 Å². The number of hydrogen-bond donors (Lipinski definition) is 2. The Labute approximate surface area is 173 Å². The number of carbonyl (C=O) groups excluding carboxylic acids is 2. The minimum absolute atomic E-state index is 0.0714. The third-order valence-electron chi connectivity index (χ3n) is 7.03. The van der Waals surface area contributed by atoms with Crippen molar-refractivity contribution in [1.29, 1.82) is 0 Å². The molecule has 2 amide bonds. The molecular weight excluding hydrogens is 366 g/mol. The van der Waals surface area contributed by atoms with Gasteiger partial charge in [-0.15, -0.1) is 0 Å². The molecule has 2 aliphatic carbocycles. The van der Waals surface area contributed by atoms with E-state index in [1.54, 1.807) is 6.20 Å². The number of piperazine rings is 1. The Bertz CT molecular complexity index is 690. The van der Waals surface area contributed by atoms with Crippen LogP contribution >= 0.6 is 0 Å². The van der Waals surface area contributed by atoms with Crippen LogP contribution in [0.3, 0.4) is 0 Å². The second-order valence-corrected chi connectivity index (χ2v) is 8.79. The number of aromatic nitrogens is 1. The number of nitrogens with one attached hydrogen (secondary N) is 1. The van der Waals surface area contributed by atoms with Gasteiger partial charge >= 0.3 is 0 Å². The molecule has 2 bridgehead atoms. The van der Waals surface area contributed by atoms with Crippen molar-refractivity contribution >= 4 is 17.6 Å². The number of anilines is 1. The summed E-state index contributed by atoms with van der Waals surface area (Å²) in [4.78, 5) is 33.6. The van der Waals surface area contributed by atoms with E-state index in [9.17, 15) is 9.59 Å². The lowest BCUT2D eigenvalue weighted by molar-refractivity contribution is -0.131. The highest BCUT2D eigenvalue weighted by atomic mass is 16.2. The normalized spacial score (nSPS) is 29.4. The van der Waals surface area contributed by atoms with Gasteiger partial charge in [0, 0.05) is 57.3 Å². The molecule has 1 aromatic heterocycles. The summed E-state index contributed by atoms with van der Waals surface area (Å²) in [5.74, 6) is 2.26. The van der Waals surface area contributed by atoms with Crippen molar-refractivity contribution in [3.8, 4) is 0 Å². The summed E-state index contributed by atoms with van der Waals surface area (Å²) >= 11 is 0. The molecule has 2 unspecified atom stereocenters. The van der Waals surface area contributed by atoms with Crippen LogP contribution in [0, 0.1) is 17.8 Å². The predicted octanol–water partition coefficient (Wildman–Crippen LogP) is 1.39. The molecule has 1 aromatic rings. The van der Waals surface area contributed by atoms with Crippen molar-refractivity contribution in [2.75, 3.05) is 37.6 Å². The van der Waals surface area contributed by atoms with Crippen molar-refractivity contribution in [2.45, 2.75) is 44.6 Å². The molecule has 1 aliphatic heterocycles. The van der Waals surface area contributed by atoms with Gasteiger partial charge in [0.1, 0.15) is 5.82 Å². The first-order valence-electron chi connectivity index (χ1n) is 11.1. The first-order valence-corrected chi connectivity index (χ1v) is 11.1. The van der Waals surface area contributed by atoms with Crippen LogP contribution in [0.15, 0.2) is 24.4 Å². The molecule has 3 N–H and O–H groups in total. The van der Waals surface area contributed by atoms with Crippen LogP contribution in [0.25, 0.3) is 0 Å². The second-order valence-electron chi connectivity index (χ2n) is 8.79. The molecule has 158 valence electrons. The second kappa shape index (κ2) is 9.11. The van der Waals surface area contributed by atoms with Crippen LogP contribution in [0.1, 0.15) is 38.5 Å². The third kappa shape index (κ3) is 4.71. The molecule has 7 heteroatoms. The molecule has 2 atom stereocenters. The number of hydrogen-bond acceptors (Lipinski definition) is 5. The van der Waals surface area contributed by atoms with Gasteiger partial charge in [-0.3, -0.25) is 9.59 Å². The fourth-order valence-electron chi connectivity index (χ4n) is 5.32. The number of fused-ring (bicyclic) bond motifs is 2. The SMILES string of the molecule is NC1C2CCCC1CC(C(=O)NCCC(=O)N1CCN(c3ccccn3)CC1)C2. The standard InChI is InChI=1S/C22H33N5O2/c23-21-16-4-3-5-17(21)15-18(14-16)22(29)25-9-7-20(28)27-12-10-26(11-13-27)19-6-1-2-8-24-19/h1-2,6,8,16-18,21H,3-5,7,9-15,23H2,(H,25,29). The lowest BCUT2D eigenvalue weighted by Crippen LogP contribution is -2.50. The van der Waals surface area contributed by atoms with Gasteiger partial charge in [0.2, 0.25) is 11.8 Å². The van der Waals surface area contributed by atoms with E-state index in [4.69, 9.17) is 5.73 Å². The van der Waals surface area contributed by atoms with E-state index in [0.29, 0.717) is 37.9 Å². The Morgan fingerprint density at radius 1 is 1.10 bits per heavy atom. The van der Waals surface area contributed by atoms with E-state index in [-0.39, 0.29) is 23.8 Å². The maximum Gasteiger partial charge on any atom is 0.224 e. The van der Waals surface area contributed by atoms with E-state index < -0.39 is 0 Å². The maximum atomic E-state index is 12.6. The fraction of sp³-hybridized carbons (Fsp3) is 0.682. The molecule has 4 rings (SSSR count). The summed E-state index contributed by atoms with van der Waals surface area (Å²) in [7, 11) is 0.